The van der Waals surface area contributed by atoms with Crippen LogP contribution in [0.3, 0.4) is 0 Å². The molecule has 2 atom stereocenters. The van der Waals surface area contributed by atoms with Crippen molar-refractivity contribution in [2.24, 2.45) is 0 Å². The molecule has 0 rings (SSSR count). The van der Waals surface area contributed by atoms with Gasteiger partial charge in [0.05, 0.1) is 16.2 Å². The van der Waals surface area contributed by atoms with Gasteiger partial charge in [0.25, 0.3) is 0 Å². The van der Waals surface area contributed by atoms with E-state index in [-0.39, 0.29) is 35.7 Å². The zero-order valence-electron chi connectivity index (χ0n) is 17.5. The third-order valence-electron chi connectivity index (χ3n) is 4.94. The Morgan fingerprint density at radius 2 is 1.08 bits per heavy atom. The Balaban J connectivity index is 0. The van der Waals surface area contributed by atoms with Gasteiger partial charge in [0.15, 0.2) is 0 Å². The third kappa shape index (κ3) is 19.6. The van der Waals surface area contributed by atoms with E-state index in [1.54, 1.807) is 0 Å². The second kappa shape index (κ2) is 19.2. The van der Waals surface area contributed by atoms with Gasteiger partial charge in [-0.2, -0.15) is 0 Å². The maximum absolute atomic E-state index is 11.4. The van der Waals surface area contributed by atoms with Crippen LogP contribution in [0.1, 0.15) is 117 Å². The molecule has 1 N–H and O–H groups in total. The number of rotatable bonds is 18. The molecular weight excluding hydrogens is 359 g/mol. The molecule has 152 valence electrons. The van der Waals surface area contributed by atoms with Gasteiger partial charge in [-0.1, -0.05) is 90.4 Å². The number of hydrogen-bond donors (Lipinski definition) is 1. The molecule has 0 amide bonds. The van der Waals surface area contributed by atoms with E-state index >= 15 is 0 Å². The standard InChI is InChI=1S/C20H42O4S.Na/c1-3-4-5-14-17-20(25(22,23)24)18-15-12-10-8-6-7-9-11-13-16-19(2)21;/h19-21H,3-18H2,1-2H3,(H,22,23,24);/q;+1/p-1. The number of aliphatic hydroxyl groups excluding tert-OH is 1. The summed E-state index contributed by atoms with van der Waals surface area (Å²) in [6.07, 6.45) is 16.2. The van der Waals surface area contributed by atoms with Gasteiger partial charge in [0, 0.05) is 5.25 Å². The van der Waals surface area contributed by atoms with Gasteiger partial charge in [0.1, 0.15) is 0 Å². The van der Waals surface area contributed by atoms with Crippen LogP contribution < -0.4 is 29.6 Å². The van der Waals surface area contributed by atoms with Gasteiger partial charge in [-0.3, -0.25) is 0 Å². The molecule has 0 aromatic rings. The molecule has 0 radical (unpaired) electrons. The van der Waals surface area contributed by atoms with Crippen molar-refractivity contribution < 1.29 is 47.6 Å². The summed E-state index contributed by atoms with van der Waals surface area (Å²) in [6.45, 7) is 3.96. The maximum atomic E-state index is 11.4. The van der Waals surface area contributed by atoms with Crippen molar-refractivity contribution in [3.63, 3.8) is 0 Å². The van der Waals surface area contributed by atoms with Crippen molar-refractivity contribution in [3.05, 3.63) is 0 Å². The molecule has 0 aliphatic carbocycles. The van der Waals surface area contributed by atoms with Crippen LogP contribution in [0, 0.1) is 0 Å². The first-order valence-corrected chi connectivity index (χ1v) is 12.0. The summed E-state index contributed by atoms with van der Waals surface area (Å²) < 4.78 is 34.1. The van der Waals surface area contributed by atoms with Crippen LogP contribution in [0.5, 0.6) is 0 Å². The van der Waals surface area contributed by atoms with E-state index in [2.05, 4.69) is 6.92 Å². The Labute approximate surface area is 185 Å². The van der Waals surface area contributed by atoms with Gasteiger partial charge < -0.3 is 9.66 Å². The molecule has 0 aromatic carbocycles. The molecule has 0 aliphatic heterocycles. The molecule has 0 fully saturated rings. The Kier molecular flexibility index (Phi) is 21.5. The second-order valence-electron chi connectivity index (χ2n) is 7.57. The summed E-state index contributed by atoms with van der Waals surface area (Å²) in [7, 11) is -4.14. The topological polar surface area (TPSA) is 77.4 Å². The van der Waals surface area contributed by atoms with Gasteiger partial charge >= 0.3 is 29.6 Å². The number of aliphatic hydroxyl groups is 1. The zero-order chi connectivity index (χ0) is 19.0. The van der Waals surface area contributed by atoms with Crippen LogP contribution >= 0.6 is 0 Å². The van der Waals surface area contributed by atoms with Crippen molar-refractivity contribution in [1.29, 1.82) is 0 Å². The Bertz CT molecular complexity index is 385. The average Bonchev–Trinajstić information content (AvgIpc) is 2.53. The van der Waals surface area contributed by atoms with Crippen LogP contribution in [-0.4, -0.2) is 29.4 Å². The van der Waals surface area contributed by atoms with Crippen molar-refractivity contribution in [3.8, 4) is 0 Å². The van der Waals surface area contributed by atoms with E-state index in [0.29, 0.717) is 12.8 Å². The third-order valence-corrected chi connectivity index (χ3v) is 6.22. The van der Waals surface area contributed by atoms with Crippen LogP contribution in [-0.2, 0) is 10.1 Å². The molecule has 26 heavy (non-hydrogen) atoms. The smallest absolute Gasteiger partial charge is 0.748 e. The van der Waals surface area contributed by atoms with Crippen LogP contribution in [0.2, 0.25) is 0 Å². The first-order chi connectivity index (χ1) is 11.9. The molecular formula is C20H41NaO4S. The minimum Gasteiger partial charge on any atom is -0.748 e. The quantitative estimate of drug-likeness (QED) is 0.218. The van der Waals surface area contributed by atoms with Gasteiger partial charge in [0.2, 0.25) is 0 Å². The van der Waals surface area contributed by atoms with Crippen LogP contribution in [0.25, 0.3) is 0 Å². The normalized spacial score (nSPS) is 14.0. The molecule has 6 heteroatoms. The summed E-state index contributed by atoms with van der Waals surface area (Å²) in [4.78, 5) is 0. The van der Waals surface area contributed by atoms with Crippen LogP contribution in [0.15, 0.2) is 0 Å². The van der Waals surface area contributed by atoms with Crippen molar-refractivity contribution in [2.75, 3.05) is 0 Å². The summed E-state index contributed by atoms with van der Waals surface area (Å²) in [5.41, 5.74) is 0. The Hall–Kier alpha value is 0.870. The van der Waals surface area contributed by atoms with Crippen molar-refractivity contribution in [1.82, 2.24) is 0 Å². The predicted molar refractivity (Wildman–Crippen MR) is 105 cm³/mol. The fourth-order valence-corrected chi connectivity index (χ4v) is 4.19. The molecule has 2 unspecified atom stereocenters. The fourth-order valence-electron chi connectivity index (χ4n) is 3.28. The van der Waals surface area contributed by atoms with E-state index in [1.165, 1.54) is 32.1 Å². The first-order valence-electron chi connectivity index (χ1n) is 10.5. The molecule has 0 aliphatic rings. The van der Waals surface area contributed by atoms with Gasteiger partial charge in [-0.15, -0.1) is 0 Å². The van der Waals surface area contributed by atoms with E-state index in [1.807, 2.05) is 6.92 Å². The summed E-state index contributed by atoms with van der Waals surface area (Å²) in [5, 5.41) is 8.51. The van der Waals surface area contributed by atoms with Crippen molar-refractivity contribution in [2.45, 2.75) is 128 Å². The Morgan fingerprint density at radius 1 is 0.731 bits per heavy atom. The minimum atomic E-state index is -4.14. The molecule has 0 saturated heterocycles. The fraction of sp³-hybridized carbons (Fsp3) is 1.00. The summed E-state index contributed by atoms with van der Waals surface area (Å²) in [5.74, 6) is 0. The van der Waals surface area contributed by atoms with Gasteiger partial charge in [-0.05, 0) is 26.2 Å². The van der Waals surface area contributed by atoms with E-state index in [4.69, 9.17) is 0 Å². The largest absolute Gasteiger partial charge is 1.00 e. The molecule has 4 nitrogen and oxygen atoms in total. The zero-order valence-corrected chi connectivity index (χ0v) is 20.4. The van der Waals surface area contributed by atoms with E-state index < -0.39 is 15.4 Å². The molecule has 0 aromatic heterocycles. The monoisotopic (exact) mass is 400 g/mol. The predicted octanol–water partition coefficient (Wildman–Crippen LogP) is 2.55. The maximum Gasteiger partial charge on any atom is 1.00 e. The molecule has 0 heterocycles. The number of hydrogen-bond acceptors (Lipinski definition) is 4. The Morgan fingerprint density at radius 3 is 1.42 bits per heavy atom. The van der Waals surface area contributed by atoms with Crippen molar-refractivity contribution >= 4 is 10.1 Å². The molecule has 0 bridgehead atoms. The summed E-state index contributed by atoms with van der Waals surface area (Å²) >= 11 is 0. The summed E-state index contributed by atoms with van der Waals surface area (Å²) in [6, 6.07) is 0. The van der Waals surface area contributed by atoms with Crippen LogP contribution in [0.4, 0.5) is 0 Å². The minimum absolute atomic E-state index is 0. The average molecular weight is 401 g/mol. The molecule has 0 spiro atoms. The molecule has 0 saturated carbocycles. The van der Waals surface area contributed by atoms with E-state index in [9.17, 15) is 18.1 Å². The number of unbranched alkanes of at least 4 members (excludes halogenated alkanes) is 11. The SMILES string of the molecule is CCCCCCC(CCCCCCCCCCCC(C)O)S(=O)(=O)[O-].[Na+]. The van der Waals surface area contributed by atoms with Gasteiger partial charge in [-0.25, -0.2) is 8.42 Å². The second-order valence-corrected chi connectivity index (χ2v) is 9.22. The van der Waals surface area contributed by atoms with E-state index in [0.717, 1.165) is 57.8 Å². The first kappa shape index (κ1) is 29.1.